The van der Waals surface area contributed by atoms with Crippen LogP contribution in [0.15, 0.2) is 48.5 Å². The van der Waals surface area contributed by atoms with E-state index in [1.165, 1.54) is 32.4 Å². The molecule has 8 heteroatoms. The number of anilines is 1. The van der Waals surface area contributed by atoms with E-state index in [1.54, 1.807) is 0 Å². The largest absolute Gasteiger partial charge is 0.494 e. The Balaban J connectivity index is 1.88. The molecule has 1 N–H and O–H groups in total. The molecule has 0 aliphatic carbocycles. The summed E-state index contributed by atoms with van der Waals surface area (Å²) >= 11 is 0. The molecule has 1 amide bonds. The fourth-order valence-electron chi connectivity index (χ4n) is 2.74. The maximum Gasteiger partial charge on any atom is 0.337 e. The van der Waals surface area contributed by atoms with Gasteiger partial charge in [-0.1, -0.05) is 18.2 Å². The van der Waals surface area contributed by atoms with Gasteiger partial charge in [-0.25, -0.2) is 9.59 Å². The van der Waals surface area contributed by atoms with Crippen LogP contribution >= 0.6 is 0 Å². The summed E-state index contributed by atoms with van der Waals surface area (Å²) < 4.78 is 15.0. The number of esters is 2. The van der Waals surface area contributed by atoms with Crippen LogP contribution < -0.4 is 10.1 Å². The SMILES string of the molecule is COC(=O)c1cc(NC(=O)CN(C)CCCOc2ccccc2)cc(C(=O)OC)c1. The van der Waals surface area contributed by atoms with Crippen LogP contribution in [-0.2, 0) is 14.3 Å². The van der Waals surface area contributed by atoms with E-state index in [0.717, 1.165) is 12.2 Å². The third-order valence-electron chi connectivity index (χ3n) is 4.17. The topological polar surface area (TPSA) is 94.2 Å². The summed E-state index contributed by atoms with van der Waals surface area (Å²) in [6.07, 6.45) is 0.753. The van der Waals surface area contributed by atoms with Crippen LogP contribution in [0.2, 0.25) is 0 Å². The zero-order chi connectivity index (χ0) is 21.9. The van der Waals surface area contributed by atoms with Crippen molar-refractivity contribution in [1.29, 1.82) is 0 Å². The third-order valence-corrected chi connectivity index (χ3v) is 4.17. The van der Waals surface area contributed by atoms with Crippen LogP contribution in [0.25, 0.3) is 0 Å². The van der Waals surface area contributed by atoms with Crippen LogP contribution in [0.5, 0.6) is 5.75 Å². The second-order valence-electron chi connectivity index (χ2n) is 6.58. The van der Waals surface area contributed by atoms with Gasteiger partial charge in [-0.05, 0) is 43.8 Å². The van der Waals surface area contributed by atoms with Crippen molar-refractivity contribution >= 4 is 23.5 Å². The molecule has 0 saturated heterocycles. The molecule has 0 spiro atoms. The van der Waals surface area contributed by atoms with Crippen LogP contribution in [-0.4, -0.2) is 63.7 Å². The smallest absolute Gasteiger partial charge is 0.337 e. The van der Waals surface area contributed by atoms with Gasteiger partial charge in [0.2, 0.25) is 5.91 Å². The Labute approximate surface area is 175 Å². The average Bonchev–Trinajstić information content (AvgIpc) is 2.75. The predicted molar refractivity (Wildman–Crippen MR) is 112 cm³/mol. The van der Waals surface area contributed by atoms with Crippen LogP contribution in [0.4, 0.5) is 5.69 Å². The Morgan fingerprint density at radius 3 is 2.10 bits per heavy atom. The Morgan fingerprint density at radius 1 is 0.933 bits per heavy atom. The number of carbonyl (C=O) groups excluding carboxylic acids is 3. The number of methoxy groups -OCH3 is 2. The summed E-state index contributed by atoms with van der Waals surface area (Å²) in [7, 11) is 4.30. The maximum absolute atomic E-state index is 12.4. The van der Waals surface area contributed by atoms with Crippen molar-refractivity contribution in [2.75, 3.05) is 46.3 Å². The minimum Gasteiger partial charge on any atom is -0.494 e. The van der Waals surface area contributed by atoms with E-state index >= 15 is 0 Å². The van der Waals surface area contributed by atoms with Gasteiger partial charge in [0.15, 0.2) is 0 Å². The summed E-state index contributed by atoms with van der Waals surface area (Å²) in [5.74, 6) is -0.706. The molecule has 2 rings (SSSR count). The van der Waals surface area contributed by atoms with Crippen LogP contribution in [0, 0.1) is 0 Å². The number of para-hydroxylation sites is 1. The first-order valence-corrected chi connectivity index (χ1v) is 9.41. The Kier molecular flexibility index (Phi) is 8.83. The van der Waals surface area contributed by atoms with Crippen molar-refractivity contribution in [3.05, 3.63) is 59.7 Å². The zero-order valence-electron chi connectivity index (χ0n) is 17.3. The van der Waals surface area contributed by atoms with Crippen molar-refractivity contribution in [3.8, 4) is 5.75 Å². The van der Waals surface area contributed by atoms with E-state index in [1.807, 2.05) is 42.3 Å². The summed E-state index contributed by atoms with van der Waals surface area (Å²) in [5.41, 5.74) is 0.591. The van der Waals surface area contributed by atoms with E-state index in [9.17, 15) is 14.4 Å². The quantitative estimate of drug-likeness (QED) is 0.472. The van der Waals surface area contributed by atoms with E-state index in [0.29, 0.717) is 18.8 Å². The zero-order valence-corrected chi connectivity index (χ0v) is 17.3. The van der Waals surface area contributed by atoms with E-state index in [-0.39, 0.29) is 23.6 Å². The van der Waals surface area contributed by atoms with Crippen LogP contribution in [0.1, 0.15) is 27.1 Å². The number of hydrogen-bond acceptors (Lipinski definition) is 7. The normalized spacial score (nSPS) is 10.4. The third kappa shape index (κ3) is 7.21. The van der Waals surface area contributed by atoms with Crippen molar-refractivity contribution in [1.82, 2.24) is 4.90 Å². The predicted octanol–water partition coefficient (Wildman–Crippen LogP) is 2.60. The molecule has 0 aromatic heterocycles. The Bertz CT molecular complexity index is 835. The van der Waals surface area contributed by atoms with Gasteiger partial charge in [-0.15, -0.1) is 0 Å². The molecule has 0 saturated carbocycles. The fourth-order valence-corrected chi connectivity index (χ4v) is 2.74. The Morgan fingerprint density at radius 2 is 1.53 bits per heavy atom. The highest BCUT2D eigenvalue weighted by atomic mass is 16.5. The molecular formula is C22H26N2O6. The fraction of sp³-hybridized carbons (Fsp3) is 0.318. The van der Waals surface area contributed by atoms with Gasteiger partial charge in [0.05, 0.1) is 38.5 Å². The summed E-state index contributed by atoms with van der Waals surface area (Å²) in [6.45, 7) is 1.34. The number of carbonyl (C=O) groups is 3. The van der Waals surface area contributed by atoms with Gasteiger partial charge in [-0.2, -0.15) is 0 Å². The molecular weight excluding hydrogens is 388 g/mol. The first-order chi connectivity index (χ1) is 14.4. The van der Waals surface area contributed by atoms with Gasteiger partial charge in [-0.3, -0.25) is 9.69 Å². The van der Waals surface area contributed by atoms with Crippen molar-refractivity contribution in [2.24, 2.45) is 0 Å². The molecule has 0 bridgehead atoms. The van der Waals surface area contributed by atoms with Gasteiger partial charge >= 0.3 is 11.9 Å². The van der Waals surface area contributed by atoms with E-state index in [4.69, 9.17) is 14.2 Å². The number of nitrogens with zero attached hydrogens (tertiary/aromatic N) is 1. The number of likely N-dealkylation sites (N-methyl/N-ethyl adjacent to an activating group) is 1. The number of ether oxygens (including phenoxy) is 3. The molecule has 0 atom stereocenters. The van der Waals surface area contributed by atoms with Crippen molar-refractivity contribution in [2.45, 2.75) is 6.42 Å². The molecule has 2 aromatic carbocycles. The highest BCUT2D eigenvalue weighted by Gasteiger charge is 2.15. The molecule has 0 unspecified atom stereocenters. The van der Waals surface area contributed by atoms with Gasteiger partial charge in [0.1, 0.15) is 5.75 Å². The number of hydrogen-bond donors (Lipinski definition) is 1. The number of benzene rings is 2. The number of nitrogens with one attached hydrogen (secondary N) is 1. The first-order valence-electron chi connectivity index (χ1n) is 9.41. The van der Waals surface area contributed by atoms with Gasteiger partial charge in [0.25, 0.3) is 0 Å². The average molecular weight is 414 g/mol. The lowest BCUT2D eigenvalue weighted by atomic mass is 10.1. The molecule has 30 heavy (non-hydrogen) atoms. The second kappa shape index (κ2) is 11.6. The highest BCUT2D eigenvalue weighted by Crippen LogP contribution is 2.17. The molecule has 160 valence electrons. The standard InChI is InChI=1S/C22H26N2O6/c1-24(10-7-11-30-19-8-5-4-6-9-19)15-20(25)23-18-13-16(21(26)28-2)12-17(14-18)22(27)29-3/h4-6,8-9,12-14H,7,10-11,15H2,1-3H3,(H,23,25). The molecule has 0 fully saturated rings. The molecule has 0 aliphatic rings. The first kappa shape index (κ1) is 22.9. The lowest BCUT2D eigenvalue weighted by Crippen LogP contribution is -2.31. The van der Waals surface area contributed by atoms with E-state index < -0.39 is 11.9 Å². The number of rotatable bonds is 10. The van der Waals surface area contributed by atoms with Crippen LogP contribution in [0.3, 0.4) is 0 Å². The van der Waals surface area contributed by atoms with Crippen molar-refractivity contribution < 1.29 is 28.6 Å². The summed E-state index contributed by atoms with van der Waals surface area (Å²) in [5, 5.41) is 2.70. The van der Waals surface area contributed by atoms with Gasteiger partial charge in [0, 0.05) is 12.2 Å². The second-order valence-corrected chi connectivity index (χ2v) is 6.58. The molecule has 0 radical (unpaired) electrons. The lowest BCUT2D eigenvalue weighted by Gasteiger charge is -2.17. The van der Waals surface area contributed by atoms with Crippen molar-refractivity contribution in [3.63, 3.8) is 0 Å². The molecule has 2 aromatic rings. The highest BCUT2D eigenvalue weighted by molar-refractivity contribution is 5.99. The minimum atomic E-state index is -0.619. The monoisotopic (exact) mass is 414 g/mol. The molecule has 8 nitrogen and oxygen atoms in total. The van der Waals surface area contributed by atoms with E-state index in [2.05, 4.69) is 5.32 Å². The summed E-state index contributed by atoms with van der Waals surface area (Å²) in [4.78, 5) is 37.9. The molecule has 0 aliphatic heterocycles. The Hall–Kier alpha value is -3.39. The maximum atomic E-state index is 12.4. The van der Waals surface area contributed by atoms with Gasteiger partial charge < -0.3 is 19.5 Å². The lowest BCUT2D eigenvalue weighted by molar-refractivity contribution is -0.117. The number of amides is 1. The molecule has 0 heterocycles. The summed E-state index contributed by atoms with van der Waals surface area (Å²) in [6, 6.07) is 13.8. The minimum absolute atomic E-state index is 0.140.